The van der Waals surface area contributed by atoms with Crippen molar-refractivity contribution in [3.05, 3.63) is 48.0 Å². The van der Waals surface area contributed by atoms with Crippen molar-refractivity contribution in [3.63, 3.8) is 0 Å². The molecule has 0 radical (unpaired) electrons. The van der Waals surface area contributed by atoms with E-state index in [4.69, 9.17) is 9.47 Å². The predicted octanol–water partition coefficient (Wildman–Crippen LogP) is 2.78. The van der Waals surface area contributed by atoms with Crippen LogP contribution in [0.25, 0.3) is 0 Å². The molecule has 2 aliphatic heterocycles. The first kappa shape index (κ1) is 24.3. The van der Waals surface area contributed by atoms with Gasteiger partial charge >= 0.3 is 0 Å². The zero-order chi connectivity index (χ0) is 25.2. The maximum Gasteiger partial charge on any atom is 0.237 e. The van der Waals surface area contributed by atoms with Crippen LogP contribution in [-0.2, 0) is 24.6 Å². The fourth-order valence-electron chi connectivity index (χ4n) is 4.81. The number of carbonyl (C=O) groups is 4. The van der Waals surface area contributed by atoms with E-state index in [1.807, 2.05) is 19.1 Å². The summed E-state index contributed by atoms with van der Waals surface area (Å²) in [6, 6.07) is 12.3. The van der Waals surface area contributed by atoms with Gasteiger partial charge in [0.15, 0.2) is 0 Å². The summed E-state index contributed by atoms with van der Waals surface area (Å²) in [7, 11) is 3.07. The monoisotopic (exact) mass is 479 g/mol. The highest BCUT2D eigenvalue weighted by molar-refractivity contribution is 6.05. The summed E-state index contributed by atoms with van der Waals surface area (Å²) in [6.45, 7) is 2.14. The summed E-state index contributed by atoms with van der Waals surface area (Å²) in [5, 5.41) is 5.32. The molecule has 0 aromatic heterocycles. The van der Waals surface area contributed by atoms with E-state index in [2.05, 4.69) is 10.6 Å². The average Bonchev–Trinajstić information content (AvgIpc) is 3.26. The lowest BCUT2D eigenvalue weighted by Crippen LogP contribution is -2.51. The molecule has 4 rings (SSSR count). The van der Waals surface area contributed by atoms with Crippen molar-refractivity contribution >= 4 is 35.0 Å². The van der Waals surface area contributed by atoms with Crippen LogP contribution in [-0.4, -0.2) is 44.4 Å². The highest BCUT2D eigenvalue weighted by Crippen LogP contribution is 2.38. The van der Waals surface area contributed by atoms with Gasteiger partial charge in [0.2, 0.25) is 23.6 Å². The standard InChI is InChI=1S/C26H29N3O6/c1-4-26(12-11-22(30)28-25(26)33)17-5-7-18(8-6-17)27-24(32)16-13-23(31)29(15-16)20-14-19(34-2)9-10-21(20)35-3/h5-10,14,16H,4,11-13,15H2,1-3H3,(H,27,32)(H,28,30,33). The molecule has 2 N–H and O–H groups in total. The number of imide groups is 1. The van der Waals surface area contributed by atoms with Crippen LogP contribution >= 0.6 is 0 Å². The van der Waals surface area contributed by atoms with Crippen LogP contribution in [0.2, 0.25) is 0 Å². The van der Waals surface area contributed by atoms with E-state index in [1.165, 1.54) is 7.11 Å². The molecule has 4 amide bonds. The molecule has 2 saturated heterocycles. The average molecular weight is 480 g/mol. The molecule has 2 aromatic rings. The summed E-state index contributed by atoms with van der Waals surface area (Å²) in [4.78, 5) is 51.4. The number of hydrogen-bond donors (Lipinski definition) is 2. The summed E-state index contributed by atoms with van der Waals surface area (Å²) >= 11 is 0. The van der Waals surface area contributed by atoms with E-state index in [0.29, 0.717) is 42.1 Å². The van der Waals surface area contributed by atoms with E-state index < -0.39 is 11.3 Å². The van der Waals surface area contributed by atoms with Gasteiger partial charge in [-0.25, -0.2) is 0 Å². The Labute approximate surface area is 203 Å². The van der Waals surface area contributed by atoms with Crippen LogP contribution < -0.4 is 25.0 Å². The second kappa shape index (κ2) is 9.77. The molecule has 35 heavy (non-hydrogen) atoms. The Kier molecular flexibility index (Phi) is 6.77. The largest absolute Gasteiger partial charge is 0.497 e. The molecule has 0 spiro atoms. The maximum atomic E-state index is 13.0. The lowest BCUT2D eigenvalue weighted by molar-refractivity contribution is -0.138. The predicted molar refractivity (Wildman–Crippen MR) is 129 cm³/mol. The number of benzene rings is 2. The number of ether oxygens (including phenoxy) is 2. The van der Waals surface area contributed by atoms with Crippen LogP contribution in [0.3, 0.4) is 0 Å². The summed E-state index contributed by atoms with van der Waals surface area (Å²) in [6.07, 6.45) is 1.39. The van der Waals surface area contributed by atoms with Crippen molar-refractivity contribution in [1.82, 2.24) is 5.32 Å². The lowest BCUT2D eigenvalue weighted by Gasteiger charge is -2.35. The SMILES string of the molecule is CCC1(c2ccc(NC(=O)C3CC(=O)N(c4cc(OC)ccc4OC)C3)cc2)CCC(=O)NC1=O. The van der Waals surface area contributed by atoms with Crippen molar-refractivity contribution in [1.29, 1.82) is 0 Å². The number of hydrogen-bond acceptors (Lipinski definition) is 6. The van der Waals surface area contributed by atoms with Gasteiger partial charge in [-0.2, -0.15) is 0 Å². The van der Waals surface area contributed by atoms with E-state index in [-0.39, 0.29) is 36.6 Å². The van der Waals surface area contributed by atoms with Gasteiger partial charge in [-0.05, 0) is 42.7 Å². The second-order valence-electron chi connectivity index (χ2n) is 8.82. The summed E-state index contributed by atoms with van der Waals surface area (Å²) < 4.78 is 10.7. The third-order valence-electron chi connectivity index (χ3n) is 6.95. The molecule has 2 unspecified atom stereocenters. The molecular weight excluding hydrogens is 450 g/mol. The van der Waals surface area contributed by atoms with Gasteiger partial charge in [0.1, 0.15) is 11.5 Å². The lowest BCUT2D eigenvalue weighted by atomic mass is 9.72. The van der Waals surface area contributed by atoms with Crippen molar-refractivity contribution in [2.24, 2.45) is 5.92 Å². The molecule has 0 bridgehead atoms. The molecule has 2 aliphatic rings. The smallest absolute Gasteiger partial charge is 0.237 e. The van der Waals surface area contributed by atoms with Gasteiger partial charge in [0.25, 0.3) is 0 Å². The van der Waals surface area contributed by atoms with Crippen LogP contribution in [0.5, 0.6) is 11.5 Å². The van der Waals surface area contributed by atoms with Crippen LogP contribution in [0.4, 0.5) is 11.4 Å². The van der Waals surface area contributed by atoms with E-state index in [0.717, 1.165) is 5.56 Å². The molecule has 0 aliphatic carbocycles. The Morgan fingerprint density at radius 3 is 2.49 bits per heavy atom. The Hall–Kier alpha value is -3.88. The van der Waals surface area contributed by atoms with Gasteiger partial charge in [-0.1, -0.05) is 19.1 Å². The Morgan fingerprint density at radius 2 is 1.86 bits per heavy atom. The number of carbonyl (C=O) groups excluding carboxylic acids is 4. The number of anilines is 2. The zero-order valence-electron chi connectivity index (χ0n) is 20.1. The number of amides is 4. The van der Waals surface area contributed by atoms with E-state index in [1.54, 1.807) is 42.3 Å². The fourth-order valence-corrected chi connectivity index (χ4v) is 4.81. The van der Waals surface area contributed by atoms with Gasteiger partial charge in [-0.15, -0.1) is 0 Å². The summed E-state index contributed by atoms with van der Waals surface area (Å²) in [5.74, 6) is -0.400. The number of methoxy groups -OCH3 is 2. The number of nitrogens with zero attached hydrogens (tertiary/aromatic N) is 1. The Morgan fingerprint density at radius 1 is 1.11 bits per heavy atom. The minimum absolute atomic E-state index is 0.0808. The number of rotatable bonds is 7. The van der Waals surface area contributed by atoms with Crippen molar-refractivity contribution in [2.75, 3.05) is 31.0 Å². The fraction of sp³-hybridized carbons (Fsp3) is 0.385. The molecule has 0 saturated carbocycles. The molecule has 2 atom stereocenters. The number of nitrogens with one attached hydrogen (secondary N) is 2. The molecule has 2 heterocycles. The molecular formula is C26H29N3O6. The second-order valence-corrected chi connectivity index (χ2v) is 8.82. The topological polar surface area (TPSA) is 114 Å². The summed E-state index contributed by atoms with van der Waals surface area (Å²) in [5.41, 5.74) is 1.17. The maximum absolute atomic E-state index is 13.0. The van der Waals surface area contributed by atoms with Crippen molar-refractivity contribution in [3.8, 4) is 11.5 Å². The van der Waals surface area contributed by atoms with E-state index >= 15 is 0 Å². The third kappa shape index (κ3) is 4.58. The van der Waals surface area contributed by atoms with Crippen molar-refractivity contribution in [2.45, 2.75) is 38.0 Å². The van der Waals surface area contributed by atoms with Crippen LogP contribution in [0, 0.1) is 5.92 Å². The first-order valence-electron chi connectivity index (χ1n) is 11.6. The van der Waals surface area contributed by atoms with Gasteiger partial charge in [0, 0.05) is 31.1 Å². The van der Waals surface area contributed by atoms with Gasteiger partial charge in [-0.3, -0.25) is 24.5 Å². The minimum atomic E-state index is -0.759. The Balaban J connectivity index is 1.46. The first-order chi connectivity index (χ1) is 16.8. The van der Waals surface area contributed by atoms with E-state index in [9.17, 15) is 19.2 Å². The molecule has 2 aromatic carbocycles. The van der Waals surface area contributed by atoms with Crippen molar-refractivity contribution < 1.29 is 28.7 Å². The normalized spacial score (nSPS) is 22.1. The molecule has 184 valence electrons. The Bertz CT molecular complexity index is 1160. The minimum Gasteiger partial charge on any atom is -0.497 e. The van der Waals surface area contributed by atoms with Crippen LogP contribution in [0.15, 0.2) is 42.5 Å². The zero-order valence-corrected chi connectivity index (χ0v) is 20.1. The number of piperidine rings is 1. The first-order valence-corrected chi connectivity index (χ1v) is 11.6. The molecule has 9 heteroatoms. The molecule has 9 nitrogen and oxygen atoms in total. The molecule has 2 fully saturated rings. The highest BCUT2D eigenvalue weighted by atomic mass is 16.5. The quantitative estimate of drug-likeness (QED) is 0.591. The third-order valence-corrected chi connectivity index (χ3v) is 6.95. The van der Waals surface area contributed by atoms with Crippen LogP contribution in [0.1, 0.15) is 38.2 Å². The highest BCUT2D eigenvalue weighted by Gasteiger charge is 2.42. The van der Waals surface area contributed by atoms with Gasteiger partial charge < -0.3 is 19.7 Å². The van der Waals surface area contributed by atoms with Gasteiger partial charge in [0.05, 0.1) is 31.2 Å².